The summed E-state index contributed by atoms with van der Waals surface area (Å²) in [5, 5.41) is 9.39. The first-order valence-electron chi connectivity index (χ1n) is 16.0. The van der Waals surface area contributed by atoms with Gasteiger partial charge in [-0.1, -0.05) is 85.8 Å². The molecule has 230 valence electrons. The van der Waals surface area contributed by atoms with Crippen LogP contribution < -0.4 is 4.74 Å². The molecule has 0 bridgehead atoms. The van der Waals surface area contributed by atoms with Crippen LogP contribution in [-0.2, 0) is 48.1 Å². The maximum atomic E-state index is 11.4. The Morgan fingerprint density at radius 1 is 0.818 bits per heavy atom. The molecule has 0 spiro atoms. The van der Waals surface area contributed by atoms with Crippen LogP contribution in [0.15, 0.2) is 91.0 Å². The number of rotatable bonds is 14. The molecule has 0 radical (unpaired) electrons. The van der Waals surface area contributed by atoms with E-state index in [2.05, 4.69) is 85.6 Å². The largest absolute Gasteiger partial charge is 0.492 e. The lowest BCUT2D eigenvalue weighted by Crippen LogP contribution is -2.30. The van der Waals surface area contributed by atoms with Gasteiger partial charge >= 0.3 is 5.97 Å². The Morgan fingerprint density at radius 3 is 2.07 bits per heavy atom. The van der Waals surface area contributed by atoms with E-state index in [0.717, 1.165) is 50.0 Å². The topological polar surface area (TPSA) is 59.0 Å². The van der Waals surface area contributed by atoms with Gasteiger partial charge in [-0.15, -0.1) is 0 Å². The number of aliphatic carboxylic acids is 1. The number of likely N-dealkylation sites (N-methyl/N-ethyl adjacent to an activating group) is 1. The summed E-state index contributed by atoms with van der Waals surface area (Å²) in [5.41, 5.74) is 10.8. The lowest BCUT2D eigenvalue weighted by Gasteiger charge is -2.31. The summed E-state index contributed by atoms with van der Waals surface area (Å²) in [7, 11) is 2.20. The second-order valence-electron chi connectivity index (χ2n) is 11.8. The first kappa shape index (κ1) is 31.5. The first-order chi connectivity index (χ1) is 21.4. The Morgan fingerprint density at radius 2 is 1.43 bits per heavy atom. The summed E-state index contributed by atoms with van der Waals surface area (Å²) in [6.45, 7) is 5.72. The van der Waals surface area contributed by atoms with E-state index in [1.54, 1.807) is 0 Å². The van der Waals surface area contributed by atoms with E-state index in [4.69, 9.17) is 9.47 Å². The summed E-state index contributed by atoms with van der Waals surface area (Å²) in [6, 6.07) is 32.8. The Balaban J connectivity index is 1.29. The number of hydrogen-bond acceptors (Lipinski definition) is 4. The normalized spacial score (nSPS) is 14.9. The Kier molecular flexibility index (Phi) is 10.9. The quantitative estimate of drug-likeness (QED) is 0.167. The van der Waals surface area contributed by atoms with Crippen molar-refractivity contribution in [1.29, 1.82) is 0 Å². The predicted octanol–water partition coefficient (Wildman–Crippen LogP) is 7.27. The number of ether oxygens (including phenoxy) is 2. The van der Waals surface area contributed by atoms with Crippen LogP contribution in [0.5, 0.6) is 5.75 Å². The number of carboxylic acids is 1. The second-order valence-corrected chi connectivity index (χ2v) is 11.8. The molecule has 0 aromatic heterocycles. The lowest BCUT2D eigenvalue weighted by molar-refractivity contribution is -0.149. The number of benzene rings is 4. The van der Waals surface area contributed by atoms with Gasteiger partial charge in [0.25, 0.3) is 0 Å². The molecule has 2 atom stereocenters. The maximum Gasteiger partial charge on any atom is 0.333 e. The van der Waals surface area contributed by atoms with Gasteiger partial charge in [0.05, 0.1) is 6.04 Å². The highest BCUT2D eigenvalue weighted by Gasteiger charge is 2.27. The molecule has 1 aliphatic rings. The van der Waals surface area contributed by atoms with E-state index in [1.165, 1.54) is 38.9 Å². The Labute approximate surface area is 262 Å². The van der Waals surface area contributed by atoms with Gasteiger partial charge in [-0.3, -0.25) is 4.90 Å². The van der Waals surface area contributed by atoms with Crippen LogP contribution in [0.3, 0.4) is 0 Å². The highest BCUT2D eigenvalue weighted by Crippen LogP contribution is 2.37. The summed E-state index contributed by atoms with van der Waals surface area (Å²) >= 11 is 0. The van der Waals surface area contributed by atoms with Gasteiger partial charge in [0.2, 0.25) is 0 Å². The summed E-state index contributed by atoms with van der Waals surface area (Å²) < 4.78 is 11.5. The molecule has 0 heterocycles. The van der Waals surface area contributed by atoms with Crippen LogP contribution in [0.1, 0.15) is 64.4 Å². The van der Waals surface area contributed by atoms with Crippen LogP contribution in [-0.4, -0.2) is 48.9 Å². The van der Waals surface area contributed by atoms with Gasteiger partial charge in [-0.05, 0) is 103 Å². The van der Waals surface area contributed by atoms with E-state index in [-0.39, 0.29) is 6.04 Å². The van der Waals surface area contributed by atoms with Crippen LogP contribution >= 0.6 is 0 Å². The molecule has 0 amide bonds. The van der Waals surface area contributed by atoms with Gasteiger partial charge in [0, 0.05) is 19.6 Å². The number of hydrogen-bond donors (Lipinski definition) is 1. The minimum atomic E-state index is -0.939. The van der Waals surface area contributed by atoms with Crippen molar-refractivity contribution in [2.24, 2.45) is 0 Å². The zero-order chi connectivity index (χ0) is 30.9. The van der Waals surface area contributed by atoms with Gasteiger partial charge < -0.3 is 14.6 Å². The Bertz CT molecular complexity index is 1520. The fourth-order valence-corrected chi connectivity index (χ4v) is 6.30. The van der Waals surface area contributed by atoms with Crippen molar-refractivity contribution in [2.45, 2.75) is 64.5 Å². The summed E-state index contributed by atoms with van der Waals surface area (Å²) in [5.74, 6) is -0.158. The molecule has 5 rings (SSSR count). The van der Waals surface area contributed by atoms with E-state index in [1.807, 2.05) is 31.2 Å². The molecule has 5 heteroatoms. The highest BCUT2D eigenvalue weighted by molar-refractivity contribution is 5.72. The van der Waals surface area contributed by atoms with Crippen LogP contribution in [0.2, 0.25) is 0 Å². The molecule has 4 aromatic rings. The number of aryl methyl sites for hydroxylation is 5. The molecule has 5 nitrogen and oxygen atoms in total. The van der Waals surface area contributed by atoms with Gasteiger partial charge in [-0.2, -0.15) is 0 Å². The standard InChI is InChI=1S/C39H45NO4/c1-4-28-15-21-35-32(25-28)17-18-33-26-30(12-11-29-9-7-6-8-10-29)16-22-36(33)38(35)40(3)23-24-44-34-19-13-31(14-20-34)27-37(39(41)42)43-5-2/h6-10,13-16,19-22,25-26,37-38H,4-5,11-12,17-18,23-24,27H2,1-3H3,(H,41,42). The first-order valence-corrected chi connectivity index (χ1v) is 16.0. The van der Waals surface area contributed by atoms with E-state index >= 15 is 0 Å². The van der Waals surface area contributed by atoms with Crippen molar-refractivity contribution in [1.82, 2.24) is 4.90 Å². The molecule has 0 saturated heterocycles. The summed E-state index contributed by atoms with van der Waals surface area (Å²) in [4.78, 5) is 13.9. The fraction of sp³-hybridized carbons (Fsp3) is 0.359. The Hall–Kier alpha value is -3.93. The number of carboxylic acid groups (broad SMARTS) is 1. The minimum Gasteiger partial charge on any atom is -0.492 e. The summed E-state index contributed by atoms with van der Waals surface area (Å²) in [6.07, 6.45) is 4.73. The van der Waals surface area contributed by atoms with Gasteiger partial charge in [0.15, 0.2) is 6.10 Å². The molecular weight excluding hydrogens is 546 g/mol. The minimum absolute atomic E-state index is 0.161. The van der Waals surface area contributed by atoms with E-state index in [0.29, 0.717) is 19.6 Å². The number of fused-ring (bicyclic) bond motifs is 2. The van der Waals surface area contributed by atoms with Gasteiger partial charge in [0.1, 0.15) is 12.4 Å². The van der Waals surface area contributed by atoms with Crippen molar-refractivity contribution in [3.05, 3.63) is 136 Å². The molecule has 4 aromatic carbocycles. The average molecular weight is 592 g/mol. The zero-order valence-electron chi connectivity index (χ0n) is 26.3. The second kappa shape index (κ2) is 15.2. The third-order valence-corrected chi connectivity index (χ3v) is 8.76. The molecule has 0 aliphatic heterocycles. The number of nitrogens with zero attached hydrogens (tertiary/aromatic N) is 1. The van der Waals surface area contributed by atoms with Crippen LogP contribution in [0.4, 0.5) is 0 Å². The molecule has 1 N–H and O–H groups in total. The SMILES string of the molecule is CCOC(Cc1ccc(OCCN(C)C2c3ccc(CC)cc3CCc3cc(CCc4ccccc4)ccc32)cc1)C(=O)O. The maximum absolute atomic E-state index is 11.4. The monoisotopic (exact) mass is 591 g/mol. The van der Waals surface area contributed by atoms with Crippen molar-refractivity contribution in [3.63, 3.8) is 0 Å². The van der Waals surface area contributed by atoms with Crippen LogP contribution in [0, 0.1) is 0 Å². The van der Waals surface area contributed by atoms with Crippen molar-refractivity contribution < 1.29 is 19.4 Å². The van der Waals surface area contributed by atoms with E-state index in [9.17, 15) is 9.90 Å². The highest BCUT2D eigenvalue weighted by atomic mass is 16.5. The van der Waals surface area contributed by atoms with E-state index < -0.39 is 12.1 Å². The van der Waals surface area contributed by atoms with Crippen molar-refractivity contribution >= 4 is 5.97 Å². The zero-order valence-corrected chi connectivity index (χ0v) is 26.3. The van der Waals surface area contributed by atoms with Crippen molar-refractivity contribution in [2.75, 3.05) is 26.8 Å². The molecule has 0 fully saturated rings. The third kappa shape index (κ3) is 7.96. The molecule has 44 heavy (non-hydrogen) atoms. The van der Waals surface area contributed by atoms with Crippen molar-refractivity contribution in [3.8, 4) is 5.75 Å². The molecular formula is C39H45NO4. The smallest absolute Gasteiger partial charge is 0.333 e. The van der Waals surface area contributed by atoms with Gasteiger partial charge in [-0.25, -0.2) is 4.79 Å². The fourth-order valence-electron chi connectivity index (χ4n) is 6.30. The average Bonchev–Trinajstić information content (AvgIpc) is 3.21. The predicted molar refractivity (Wildman–Crippen MR) is 177 cm³/mol. The van der Waals surface area contributed by atoms with Crippen LogP contribution in [0.25, 0.3) is 0 Å². The molecule has 0 saturated carbocycles. The third-order valence-electron chi connectivity index (χ3n) is 8.76. The molecule has 2 unspecified atom stereocenters. The number of carbonyl (C=O) groups is 1. The molecule has 1 aliphatic carbocycles. The lowest BCUT2D eigenvalue weighted by atomic mass is 9.91.